The van der Waals surface area contributed by atoms with Crippen molar-refractivity contribution in [2.75, 3.05) is 25.5 Å². The Morgan fingerprint density at radius 3 is 2.90 bits per heavy atom. The van der Waals surface area contributed by atoms with Crippen molar-refractivity contribution in [3.63, 3.8) is 0 Å². The van der Waals surface area contributed by atoms with Gasteiger partial charge in [-0.05, 0) is 26.0 Å². The molecule has 0 saturated carbocycles. The van der Waals surface area contributed by atoms with E-state index in [1.807, 2.05) is 43.0 Å². The number of carbonyl (C=O) groups is 1. The number of hydrogen-bond acceptors (Lipinski definition) is 4. The monoisotopic (exact) mass is 285 g/mol. The normalized spacial score (nSPS) is 17.9. The topological polar surface area (TPSA) is 68.5 Å². The Hall–Kier alpha value is -2.14. The molecule has 0 unspecified atom stereocenters. The first-order chi connectivity index (χ1) is 9.99. The van der Waals surface area contributed by atoms with Gasteiger partial charge in [-0.3, -0.25) is 4.79 Å². The maximum Gasteiger partial charge on any atom is 0.273 e. The molecule has 1 aliphatic heterocycles. The van der Waals surface area contributed by atoms with Gasteiger partial charge in [0.05, 0.1) is 24.3 Å². The lowest BCUT2D eigenvalue weighted by molar-refractivity contribution is -0.0373. The molecule has 5 heteroatoms. The van der Waals surface area contributed by atoms with Crippen LogP contribution in [0.2, 0.25) is 0 Å². The first-order valence-corrected chi connectivity index (χ1v) is 7.04. The van der Waals surface area contributed by atoms with Crippen molar-refractivity contribution < 1.29 is 9.53 Å². The number of rotatable bonds is 1. The first-order valence-electron chi connectivity index (χ1n) is 7.04. The molecule has 1 saturated heterocycles. The zero-order valence-corrected chi connectivity index (χ0v) is 12.3. The highest BCUT2D eigenvalue weighted by Gasteiger charge is 2.35. The Kier molecular flexibility index (Phi) is 3.29. The summed E-state index contributed by atoms with van der Waals surface area (Å²) >= 11 is 0. The van der Waals surface area contributed by atoms with Gasteiger partial charge in [0.2, 0.25) is 0 Å². The second-order valence-electron chi connectivity index (χ2n) is 5.94. The molecule has 0 atom stereocenters. The third-order valence-corrected chi connectivity index (χ3v) is 3.86. The zero-order chi connectivity index (χ0) is 15.0. The predicted molar refractivity (Wildman–Crippen MR) is 82.1 cm³/mol. The minimum Gasteiger partial charge on any atom is -0.398 e. The summed E-state index contributed by atoms with van der Waals surface area (Å²) < 4.78 is 5.46. The fourth-order valence-corrected chi connectivity index (χ4v) is 2.68. The largest absolute Gasteiger partial charge is 0.398 e. The number of amides is 1. The lowest BCUT2D eigenvalue weighted by Gasteiger charge is -2.41. The van der Waals surface area contributed by atoms with E-state index >= 15 is 0 Å². The van der Waals surface area contributed by atoms with E-state index in [2.05, 4.69) is 4.98 Å². The number of anilines is 1. The van der Waals surface area contributed by atoms with E-state index in [0.717, 1.165) is 10.9 Å². The van der Waals surface area contributed by atoms with Crippen LogP contribution in [0.3, 0.4) is 0 Å². The number of nitrogens with two attached hydrogens (primary N) is 1. The van der Waals surface area contributed by atoms with E-state index in [1.165, 1.54) is 0 Å². The second-order valence-corrected chi connectivity index (χ2v) is 5.94. The Morgan fingerprint density at radius 2 is 2.14 bits per heavy atom. The van der Waals surface area contributed by atoms with Crippen molar-refractivity contribution in [2.24, 2.45) is 0 Å². The van der Waals surface area contributed by atoms with Crippen molar-refractivity contribution in [3.8, 4) is 0 Å². The molecule has 2 heterocycles. The molecule has 1 fully saturated rings. The molecule has 3 rings (SSSR count). The summed E-state index contributed by atoms with van der Waals surface area (Å²) in [5.74, 6) is -0.0965. The number of morpholine rings is 1. The number of aromatic nitrogens is 1. The van der Waals surface area contributed by atoms with Crippen LogP contribution in [-0.2, 0) is 4.74 Å². The Labute approximate surface area is 123 Å². The summed E-state index contributed by atoms with van der Waals surface area (Å²) in [6.07, 6.45) is 0. The van der Waals surface area contributed by atoms with E-state index in [4.69, 9.17) is 10.5 Å². The van der Waals surface area contributed by atoms with E-state index in [9.17, 15) is 4.79 Å². The van der Waals surface area contributed by atoms with Gasteiger partial charge in [-0.15, -0.1) is 0 Å². The molecule has 1 amide bonds. The average Bonchev–Trinajstić information content (AvgIpc) is 2.46. The number of ether oxygens (including phenoxy) is 1. The van der Waals surface area contributed by atoms with Crippen LogP contribution >= 0.6 is 0 Å². The number of nitrogens with zero attached hydrogens (tertiary/aromatic N) is 2. The van der Waals surface area contributed by atoms with Gasteiger partial charge in [0.1, 0.15) is 5.69 Å². The van der Waals surface area contributed by atoms with Gasteiger partial charge in [-0.1, -0.05) is 18.2 Å². The molecule has 0 radical (unpaired) electrons. The van der Waals surface area contributed by atoms with Gasteiger partial charge < -0.3 is 15.4 Å². The van der Waals surface area contributed by atoms with Crippen LogP contribution in [0.5, 0.6) is 0 Å². The third-order valence-electron chi connectivity index (χ3n) is 3.86. The summed E-state index contributed by atoms with van der Waals surface area (Å²) in [6, 6.07) is 9.24. The Balaban J connectivity index is 2.01. The number of para-hydroxylation sites is 1. The van der Waals surface area contributed by atoms with Crippen molar-refractivity contribution >= 4 is 22.5 Å². The first kappa shape index (κ1) is 13.8. The molecule has 21 heavy (non-hydrogen) atoms. The van der Waals surface area contributed by atoms with Crippen molar-refractivity contribution in [1.29, 1.82) is 0 Å². The molecule has 0 bridgehead atoms. The van der Waals surface area contributed by atoms with Gasteiger partial charge in [0.25, 0.3) is 5.91 Å². The number of fused-ring (bicyclic) bond motifs is 1. The van der Waals surface area contributed by atoms with Gasteiger partial charge in [-0.25, -0.2) is 4.98 Å². The van der Waals surface area contributed by atoms with Crippen LogP contribution in [-0.4, -0.2) is 41.1 Å². The summed E-state index contributed by atoms with van der Waals surface area (Å²) in [5.41, 5.74) is 7.43. The molecule has 0 aliphatic carbocycles. The van der Waals surface area contributed by atoms with Crippen LogP contribution in [0.25, 0.3) is 10.9 Å². The lowest BCUT2D eigenvalue weighted by atomic mass is 10.0. The fourth-order valence-electron chi connectivity index (χ4n) is 2.68. The highest BCUT2D eigenvalue weighted by molar-refractivity contribution is 5.99. The van der Waals surface area contributed by atoms with E-state index in [-0.39, 0.29) is 11.4 Å². The van der Waals surface area contributed by atoms with E-state index in [1.54, 1.807) is 6.07 Å². The van der Waals surface area contributed by atoms with Crippen LogP contribution < -0.4 is 5.73 Å². The van der Waals surface area contributed by atoms with E-state index < -0.39 is 0 Å². The van der Waals surface area contributed by atoms with Crippen molar-refractivity contribution in [3.05, 3.63) is 36.0 Å². The lowest BCUT2D eigenvalue weighted by Crippen LogP contribution is -2.55. The predicted octanol–water partition coefficient (Wildman–Crippen LogP) is 2.07. The van der Waals surface area contributed by atoms with Gasteiger partial charge in [0, 0.05) is 17.6 Å². The summed E-state index contributed by atoms with van der Waals surface area (Å²) in [4.78, 5) is 19.0. The minimum absolute atomic E-state index is 0.0965. The van der Waals surface area contributed by atoms with E-state index in [0.29, 0.717) is 31.1 Å². The number of carbonyl (C=O) groups excluding carboxylic acids is 1. The number of pyridine rings is 1. The molecule has 2 N–H and O–H groups in total. The van der Waals surface area contributed by atoms with Gasteiger partial charge in [0.15, 0.2) is 0 Å². The van der Waals surface area contributed by atoms with Crippen LogP contribution in [0.1, 0.15) is 24.3 Å². The second kappa shape index (κ2) is 5.00. The Morgan fingerprint density at radius 1 is 1.38 bits per heavy atom. The summed E-state index contributed by atoms with van der Waals surface area (Å²) in [5, 5.41) is 0.871. The molecule has 1 aromatic heterocycles. The molecule has 0 spiro atoms. The molecule has 1 aliphatic rings. The molecular formula is C16H19N3O2. The highest BCUT2D eigenvalue weighted by Crippen LogP contribution is 2.24. The zero-order valence-electron chi connectivity index (χ0n) is 12.3. The quantitative estimate of drug-likeness (QED) is 0.871. The maximum atomic E-state index is 12.8. The highest BCUT2D eigenvalue weighted by atomic mass is 16.5. The summed E-state index contributed by atoms with van der Waals surface area (Å²) in [6.45, 7) is 5.64. The SMILES string of the molecule is CC1(C)COCCN1C(=O)c1cc(N)c2ccccc2n1. The fraction of sp³-hybridized carbons (Fsp3) is 0.375. The molecule has 110 valence electrons. The van der Waals surface area contributed by atoms with Crippen molar-refractivity contribution in [2.45, 2.75) is 19.4 Å². The smallest absolute Gasteiger partial charge is 0.273 e. The average molecular weight is 285 g/mol. The maximum absolute atomic E-state index is 12.8. The van der Waals surface area contributed by atoms with Gasteiger partial charge in [-0.2, -0.15) is 0 Å². The molecule has 2 aromatic rings. The number of nitrogen functional groups attached to an aromatic ring is 1. The van der Waals surface area contributed by atoms with Crippen molar-refractivity contribution in [1.82, 2.24) is 9.88 Å². The molecule has 1 aromatic carbocycles. The number of benzene rings is 1. The van der Waals surface area contributed by atoms with Gasteiger partial charge >= 0.3 is 0 Å². The van der Waals surface area contributed by atoms with Crippen LogP contribution in [0.4, 0.5) is 5.69 Å². The Bertz CT molecular complexity index is 697. The third kappa shape index (κ3) is 2.45. The standard InChI is InChI=1S/C16H19N3O2/c1-16(2)10-21-8-7-19(16)15(20)14-9-12(17)11-5-3-4-6-13(11)18-14/h3-6,9H,7-8,10H2,1-2H3,(H2,17,18). The summed E-state index contributed by atoms with van der Waals surface area (Å²) in [7, 11) is 0. The number of hydrogen-bond donors (Lipinski definition) is 1. The molecular weight excluding hydrogens is 266 g/mol. The van der Waals surface area contributed by atoms with Crippen LogP contribution in [0.15, 0.2) is 30.3 Å². The van der Waals surface area contributed by atoms with Crippen LogP contribution in [0, 0.1) is 0 Å². The minimum atomic E-state index is -0.336. The molecule has 5 nitrogen and oxygen atoms in total.